The molecule has 0 aliphatic rings. The summed E-state index contributed by atoms with van der Waals surface area (Å²) < 4.78 is 13.3. The molecule has 2 aromatic heterocycles. The fraction of sp³-hybridized carbons (Fsp3) is 0.188. The first kappa shape index (κ1) is 17.1. The number of aromatic nitrogens is 3. The van der Waals surface area contributed by atoms with Gasteiger partial charge in [-0.1, -0.05) is 11.6 Å². The van der Waals surface area contributed by atoms with Crippen LogP contribution >= 0.6 is 11.6 Å². The lowest BCUT2D eigenvalue weighted by Gasteiger charge is -2.07. The van der Waals surface area contributed by atoms with E-state index in [1.165, 1.54) is 18.2 Å². The van der Waals surface area contributed by atoms with Crippen LogP contribution in [-0.4, -0.2) is 32.0 Å². The molecule has 130 valence electrons. The topological polar surface area (TPSA) is 98.2 Å². The highest BCUT2D eigenvalue weighted by molar-refractivity contribution is 6.31. The summed E-state index contributed by atoms with van der Waals surface area (Å²) in [6.45, 7) is 3.98. The van der Waals surface area contributed by atoms with Gasteiger partial charge in [0.25, 0.3) is 0 Å². The molecule has 0 unspecified atom stereocenters. The van der Waals surface area contributed by atoms with Crippen LogP contribution in [0.3, 0.4) is 0 Å². The molecule has 0 atom stereocenters. The van der Waals surface area contributed by atoms with E-state index in [1.54, 1.807) is 12.3 Å². The molecule has 0 saturated heterocycles. The van der Waals surface area contributed by atoms with E-state index in [9.17, 15) is 9.60 Å². The van der Waals surface area contributed by atoms with Gasteiger partial charge < -0.3 is 10.3 Å². The molecule has 0 spiro atoms. The van der Waals surface area contributed by atoms with E-state index in [0.29, 0.717) is 28.4 Å². The number of nitrogens with zero attached hydrogens (tertiary/aromatic N) is 3. The van der Waals surface area contributed by atoms with Gasteiger partial charge in [0.05, 0.1) is 16.2 Å². The molecule has 3 rings (SSSR count). The van der Waals surface area contributed by atoms with Gasteiger partial charge in [-0.15, -0.1) is 0 Å². The molecule has 4 N–H and O–H groups in total. The number of hydroxylamine groups is 1. The van der Waals surface area contributed by atoms with Crippen molar-refractivity contribution >= 4 is 40.2 Å². The maximum atomic E-state index is 13.3. The summed E-state index contributed by atoms with van der Waals surface area (Å²) in [7, 11) is 0. The highest BCUT2D eigenvalue weighted by Gasteiger charge is 2.13. The lowest BCUT2D eigenvalue weighted by atomic mass is 10.2. The van der Waals surface area contributed by atoms with Crippen LogP contribution in [0.4, 0.5) is 16.0 Å². The number of nitrogens with one attached hydrogen (secondary N) is 3. The molecular formula is C16H16ClFN6O. The lowest BCUT2D eigenvalue weighted by molar-refractivity contribution is 0.235. The van der Waals surface area contributed by atoms with Crippen LogP contribution in [0.2, 0.25) is 5.02 Å². The number of rotatable bonds is 4. The summed E-state index contributed by atoms with van der Waals surface area (Å²) in [6, 6.07) is 5.89. The molecule has 1 aromatic carbocycles. The van der Waals surface area contributed by atoms with E-state index in [1.807, 2.05) is 13.8 Å². The Bertz CT molecular complexity index is 940. The van der Waals surface area contributed by atoms with E-state index in [0.717, 1.165) is 0 Å². The summed E-state index contributed by atoms with van der Waals surface area (Å²) in [5.41, 5.74) is 4.07. The number of hydrogen-bond acceptors (Lipinski definition) is 5. The van der Waals surface area contributed by atoms with Crippen LogP contribution in [0.1, 0.15) is 19.4 Å². The fourth-order valence-corrected chi connectivity index (χ4v) is 2.45. The van der Waals surface area contributed by atoms with Crippen molar-refractivity contribution < 1.29 is 9.60 Å². The van der Waals surface area contributed by atoms with Crippen LogP contribution < -0.4 is 10.8 Å². The zero-order valence-corrected chi connectivity index (χ0v) is 14.3. The molecule has 3 aromatic rings. The van der Waals surface area contributed by atoms with E-state index in [2.05, 4.69) is 30.7 Å². The second kappa shape index (κ2) is 7.04. The van der Waals surface area contributed by atoms with Gasteiger partial charge in [-0.25, -0.2) is 14.4 Å². The third-order valence-corrected chi connectivity index (χ3v) is 3.61. The standard InChI is InChI=1S/C16H16ClFN6O/c1-8(2)20-16-22-13-10(5-6-19-15(13)23-16)14(24-25)21-9-3-4-12(18)11(17)7-9/h3-8,25H,1-2H3,(H,21,24)(H2,19,20,22,23). The summed E-state index contributed by atoms with van der Waals surface area (Å²) in [6.07, 6.45) is 1.56. The first-order valence-corrected chi connectivity index (χ1v) is 7.91. The molecular weight excluding hydrogens is 347 g/mol. The highest BCUT2D eigenvalue weighted by atomic mass is 35.5. The molecule has 0 fully saturated rings. The van der Waals surface area contributed by atoms with Gasteiger partial charge in [0.15, 0.2) is 11.5 Å². The molecule has 25 heavy (non-hydrogen) atoms. The summed E-state index contributed by atoms with van der Waals surface area (Å²) in [4.78, 5) is 15.9. The van der Waals surface area contributed by atoms with E-state index in [4.69, 9.17) is 11.6 Å². The molecule has 2 heterocycles. The van der Waals surface area contributed by atoms with Crippen molar-refractivity contribution in [1.82, 2.24) is 20.4 Å². The predicted octanol–water partition coefficient (Wildman–Crippen LogP) is 3.63. The number of anilines is 1. The predicted molar refractivity (Wildman–Crippen MR) is 95.2 cm³/mol. The molecule has 0 radical (unpaired) electrons. The van der Waals surface area contributed by atoms with Crippen LogP contribution in [0, 0.1) is 5.82 Å². The number of H-pyrrole nitrogens is 1. The van der Waals surface area contributed by atoms with Gasteiger partial charge in [0.1, 0.15) is 5.82 Å². The summed E-state index contributed by atoms with van der Waals surface area (Å²) in [5.74, 6) is 0.172. The molecule has 0 bridgehead atoms. The number of aliphatic imine (C=N–C) groups is 1. The average Bonchev–Trinajstić information content (AvgIpc) is 2.97. The third kappa shape index (κ3) is 3.70. The Hall–Kier alpha value is -2.71. The van der Waals surface area contributed by atoms with E-state index in [-0.39, 0.29) is 16.9 Å². The maximum Gasteiger partial charge on any atom is 0.202 e. The number of amidine groups is 1. The van der Waals surface area contributed by atoms with Gasteiger partial charge >= 0.3 is 0 Å². The monoisotopic (exact) mass is 362 g/mol. The van der Waals surface area contributed by atoms with Crippen molar-refractivity contribution in [3.8, 4) is 0 Å². The minimum atomic E-state index is -0.539. The quantitative estimate of drug-likeness (QED) is 0.323. The second-order valence-electron chi connectivity index (χ2n) is 5.61. The number of benzene rings is 1. The molecule has 7 nitrogen and oxygen atoms in total. The summed E-state index contributed by atoms with van der Waals surface area (Å²) in [5, 5.41) is 12.6. The Kier molecular flexibility index (Phi) is 4.82. The minimum Gasteiger partial charge on any atom is -0.354 e. The maximum absolute atomic E-state index is 13.3. The largest absolute Gasteiger partial charge is 0.354 e. The van der Waals surface area contributed by atoms with Gasteiger partial charge in [-0.3, -0.25) is 10.7 Å². The molecule has 9 heteroatoms. The average molecular weight is 363 g/mol. The number of pyridine rings is 1. The minimum absolute atomic E-state index is 0.0524. The third-order valence-electron chi connectivity index (χ3n) is 3.32. The fourth-order valence-electron chi connectivity index (χ4n) is 2.28. The number of halogens is 2. The molecule has 0 amide bonds. The highest BCUT2D eigenvalue weighted by Crippen LogP contribution is 2.23. The van der Waals surface area contributed by atoms with Gasteiger partial charge in [0.2, 0.25) is 5.95 Å². The number of fused-ring (bicyclic) bond motifs is 1. The first-order valence-electron chi connectivity index (χ1n) is 7.53. The molecule has 0 saturated carbocycles. The van der Waals surface area contributed by atoms with Gasteiger partial charge in [-0.2, -0.15) is 4.98 Å². The Morgan fingerprint density at radius 2 is 2.16 bits per heavy atom. The van der Waals surface area contributed by atoms with Crippen molar-refractivity contribution in [3.63, 3.8) is 0 Å². The van der Waals surface area contributed by atoms with E-state index >= 15 is 0 Å². The number of hydrogen-bond donors (Lipinski definition) is 4. The van der Waals surface area contributed by atoms with Crippen LogP contribution in [-0.2, 0) is 0 Å². The van der Waals surface area contributed by atoms with E-state index < -0.39 is 5.82 Å². The second-order valence-corrected chi connectivity index (χ2v) is 6.02. The molecule has 0 aliphatic carbocycles. The van der Waals surface area contributed by atoms with Crippen LogP contribution in [0.5, 0.6) is 0 Å². The summed E-state index contributed by atoms with van der Waals surface area (Å²) >= 11 is 5.77. The Morgan fingerprint density at radius 3 is 2.84 bits per heavy atom. The number of imidazole rings is 1. The zero-order chi connectivity index (χ0) is 18.0. The Labute approximate surface area is 147 Å². The van der Waals surface area contributed by atoms with Crippen molar-refractivity contribution in [3.05, 3.63) is 46.9 Å². The zero-order valence-electron chi connectivity index (χ0n) is 13.5. The van der Waals surface area contributed by atoms with Crippen molar-refractivity contribution in [2.75, 3.05) is 5.32 Å². The molecule has 0 aliphatic heterocycles. The smallest absolute Gasteiger partial charge is 0.202 e. The number of aromatic amines is 1. The first-order chi connectivity index (χ1) is 12.0. The van der Waals surface area contributed by atoms with Crippen molar-refractivity contribution in [2.45, 2.75) is 19.9 Å². The van der Waals surface area contributed by atoms with Crippen LogP contribution in [0.15, 0.2) is 35.5 Å². The Balaban J connectivity index is 2.06. The Morgan fingerprint density at radius 1 is 1.36 bits per heavy atom. The van der Waals surface area contributed by atoms with Crippen molar-refractivity contribution in [2.24, 2.45) is 4.99 Å². The SMILES string of the molecule is CC(C)Nc1nc2nccc(C(=Nc3ccc(F)c(Cl)c3)NO)c2[nH]1. The van der Waals surface area contributed by atoms with Gasteiger partial charge in [-0.05, 0) is 38.1 Å². The van der Waals surface area contributed by atoms with Gasteiger partial charge in [0, 0.05) is 17.8 Å². The van der Waals surface area contributed by atoms with Crippen LogP contribution in [0.25, 0.3) is 11.2 Å². The normalized spacial score (nSPS) is 12.0. The van der Waals surface area contributed by atoms with Crippen molar-refractivity contribution in [1.29, 1.82) is 0 Å². The lowest BCUT2D eigenvalue weighted by Crippen LogP contribution is -2.20.